The second kappa shape index (κ2) is 6.33. The molecule has 0 aromatic heterocycles. The van der Waals surface area contributed by atoms with Crippen molar-refractivity contribution in [2.24, 2.45) is 0 Å². The van der Waals surface area contributed by atoms with Crippen LogP contribution in [0.5, 0.6) is 0 Å². The third kappa shape index (κ3) is 3.54. The predicted octanol–water partition coefficient (Wildman–Crippen LogP) is 0.710. The minimum Gasteiger partial charge on any atom is -0.468 e. The van der Waals surface area contributed by atoms with E-state index in [1.54, 1.807) is 12.1 Å². The maximum atomic E-state index is 12.0. The predicted molar refractivity (Wildman–Crippen MR) is 70.7 cm³/mol. The summed E-state index contributed by atoms with van der Waals surface area (Å²) < 4.78 is 4.69. The van der Waals surface area contributed by atoms with Gasteiger partial charge in [-0.2, -0.15) is 0 Å². The first-order valence-corrected chi connectivity index (χ1v) is 6.38. The molecule has 0 spiro atoms. The number of methoxy groups -OCH3 is 1. The molecule has 1 heterocycles. The van der Waals surface area contributed by atoms with E-state index in [9.17, 15) is 9.59 Å². The monoisotopic (exact) mass is 262 g/mol. The number of hydrogen-bond acceptors (Lipinski definition) is 4. The second-order valence-electron chi connectivity index (χ2n) is 4.60. The zero-order valence-electron chi connectivity index (χ0n) is 10.9. The summed E-state index contributed by atoms with van der Waals surface area (Å²) in [4.78, 5) is 23.3. The van der Waals surface area contributed by atoms with Crippen LogP contribution in [-0.2, 0) is 9.53 Å². The van der Waals surface area contributed by atoms with Gasteiger partial charge in [-0.25, -0.2) is 0 Å². The van der Waals surface area contributed by atoms with Gasteiger partial charge in [-0.3, -0.25) is 9.59 Å². The van der Waals surface area contributed by atoms with Gasteiger partial charge in [-0.1, -0.05) is 18.2 Å². The number of amides is 1. The zero-order chi connectivity index (χ0) is 13.7. The normalized spacial score (nSPS) is 22.6. The van der Waals surface area contributed by atoms with Gasteiger partial charge in [0.05, 0.1) is 7.11 Å². The third-order valence-corrected chi connectivity index (χ3v) is 3.27. The van der Waals surface area contributed by atoms with Crippen molar-refractivity contribution in [3.8, 4) is 0 Å². The van der Waals surface area contributed by atoms with E-state index in [0.29, 0.717) is 18.5 Å². The maximum Gasteiger partial charge on any atom is 0.322 e. The summed E-state index contributed by atoms with van der Waals surface area (Å²) in [5.74, 6) is -0.322. The van der Waals surface area contributed by atoms with Crippen molar-refractivity contribution < 1.29 is 14.3 Å². The summed E-state index contributed by atoms with van der Waals surface area (Å²) in [7, 11) is 1.38. The number of piperidine rings is 1. The summed E-state index contributed by atoms with van der Waals surface area (Å²) in [6.45, 7) is 0.582. The molecule has 2 atom stereocenters. The first-order chi connectivity index (χ1) is 9.20. The van der Waals surface area contributed by atoms with Crippen LogP contribution in [0.4, 0.5) is 0 Å². The SMILES string of the molecule is COC(=O)[C@H]1CC[C@H](NC(=O)c2ccccc2)CN1. The summed E-state index contributed by atoms with van der Waals surface area (Å²) in [5, 5.41) is 6.05. The molecule has 2 N–H and O–H groups in total. The van der Waals surface area contributed by atoms with Crippen LogP contribution in [-0.4, -0.2) is 37.6 Å². The highest BCUT2D eigenvalue weighted by molar-refractivity contribution is 5.94. The summed E-state index contributed by atoms with van der Waals surface area (Å²) in [6.07, 6.45) is 1.44. The Hall–Kier alpha value is -1.88. The highest BCUT2D eigenvalue weighted by Crippen LogP contribution is 2.10. The second-order valence-corrected chi connectivity index (χ2v) is 4.60. The lowest BCUT2D eigenvalue weighted by molar-refractivity contribution is -0.143. The smallest absolute Gasteiger partial charge is 0.322 e. The summed E-state index contributed by atoms with van der Waals surface area (Å²) in [6, 6.07) is 8.90. The molecule has 2 rings (SSSR count). The molecule has 0 saturated carbocycles. The van der Waals surface area contributed by atoms with Crippen LogP contribution in [0.3, 0.4) is 0 Å². The minimum atomic E-state index is -0.255. The van der Waals surface area contributed by atoms with Crippen molar-refractivity contribution in [3.63, 3.8) is 0 Å². The van der Waals surface area contributed by atoms with E-state index in [0.717, 1.165) is 6.42 Å². The van der Waals surface area contributed by atoms with Crippen molar-refractivity contribution in [3.05, 3.63) is 35.9 Å². The molecule has 19 heavy (non-hydrogen) atoms. The molecule has 0 unspecified atom stereocenters. The number of ether oxygens (including phenoxy) is 1. The largest absolute Gasteiger partial charge is 0.468 e. The highest BCUT2D eigenvalue weighted by Gasteiger charge is 2.27. The van der Waals surface area contributed by atoms with E-state index < -0.39 is 0 Å². The van der Waals surface area contributed by atoms with Crippen molar-refractivity contribution in [2.75, 3.05) is 13.7 Å². The molecule has 102 valence electrons. The molecule has 0 aliphatic carbocycles. The van der Waals surface area contributed by atoms with Gasteiger partial charge in [0, 0.05) is 18.2 Å². The van der Waals surface area contributed by atoms with Crippen molar-refractivity contribution in [1.29, 1.82) is 0 Å². The van der Waals surface area contributed by atoms with Crippen LogP contribution < -0.4 is 10.6 Å². The quantitative estimate of drug-likeness (QED) is 0.787. The fourth-order valence-corrected chi connectivity index (χ4v) is 2.18. The standard InChI is InChI=1S/C14H18N2O3/c1-19-14(18)12-8-7-11(9-15-12)16-13(17)10-5-3-2-4-6-10/h2-6,11-12,15H,7-9H2,1H3,(H,16,17)/t11-,12+/m0/s1. The van der Waals surface area contributed by atoms with Gasteiger partial charge in [-0.15, -0.1) is 0 Å². The fraction of sp³-hybridized carbons (Fsp3) is 0.429. The lowest BCUT2D eigenvalue weighted by atomic mass is 10.0. The minimum absolute atomic E-state index is 0.0496. The maximum absolute atomic E-state index is 12.0. The van der Waals surface area contributed by atoms with Gasteiger partial charge in [0.2, 0.25) is 0 Å². The average Bonchev–Trinajstić information content (AvgIpc) is 2.48. The number of esters is 1. The Kier molecular flexibility index (Phi) is 4.52. The Morgan fingerprint density at radius 3 is 2.58 bits per heavy atom. The van der Waals surface area contributed by atoms with E-state index in [-0.39, 0.29) is 24.0 Å². The first-order valence-electron chi connectivity index (χ1n) is 6.38. The van der Waals surface area contributed by atoms with Gasteiger partial charge in [-0.05, 0) is 25.0 Å². The molecule has 1 aromatic carbocycles. The first kappa shape index (κ1) is 13.5. The highest BCUT2D eigenvalue weighted by atomic mass is 16.5. The summed E-state index contributed by atoms with van der Waals surface area (Å²) in [5.41, 5.74) is 0.651. The lowest BCUT2D eigenvalue weighted by Gasteiger charge is -2.28. The van der Waals surface area contributed by atoms with Gasteiger partial charge >= 0.3 is 5.97 Å². The molecule has 0 radical (unpaired) electrons. The van der Waals surface area contributed by atoms with Crippen LogP contribution >= 0.6 is 0 Å². The molecule has 1 saturated heterocycles. The summed E-state index contributed by atoms with van der Waals surface area (Å²) >= 11 is 0. The molecular formula is C14H18N2O3. The van der Waals surface area contributed by atoms with Gasteiger partial charge < -0.3 is 15.4 Å². The molecule has 1 aliphatic heterocycles. The number of carbonyl (C=O) groups is 2. The van der Waals surface area contributed by atoms with Crippen molar-refractivity contribution in [1.82, 2.24) is 10.6 Å². The van der Waals surface area contributed by atoms with Crippen LogP contribution in [0.2, 0.25) is 0 Å². The van der Waals surface area contributed by atoms with Crippen LogP contribution in [0.15, 0.2) is 30.3 Å². The van der Waals surface area contributed by atoms with Gasteiger partial charge in [0.1, 0.15) is 6.04 Å². The van der Waals surface area contributed by atoms with Crippen LogP contribution in [0.25, 0.3) is 0 Å². The zero-order valence-corrected chi connectivity index (χ0v) is 10.9. The average molecular weight is 262 g/mol. The number of carbonyl (C=O) groups excluding carboxylic acids is 2. The molecule has 1 amide bonds. The molecule has 1 aliphatic rings. The molecule has 0 bridgehead atoms. The van der Waals surface area contributed by atoms with Gasteiger partial charge in [0.25, 0.3) is 5.91 Å². The molecule has 1 fully saturated rings. The molecular weight excluding hydrogens is 244 g/mol. The van der Waals surface area contributed by atoms with E-state index in [1.807, 2.05) is 18.2 Å². The molecule has 5 heteroatoms. The number of benzene rings is 1. The Morgan fingerprint density at radius 2 is 2.00 bits per heavy atom. The topological polar surface area (TPSA) is 67.4 Å². The fourth-order valence-electron chi connectivity index (χ4n) is 2.18. The van der Waals surface area contributed by atoms with E-state index in [4.69, 9.17) is 0 Å². The Morgan fingerprint density at radius 1 is 1.26 bits per heavy atom. The van der Waals surface area contributed by atoms with Gasteiger partial charge in [0.15, 0.2) is 0 Å². The Balaban J connectivity index is 1.83. The lowest BCUT2D eigenvalue weighted by Crippen LogP contribution is -2.52. The van der Waals surface area contributed by atoms with Crippen LogP contribution in [0.1, 0.15) is 23.2 Å². The van der Waals surface area contributed by atoms with Crippen molar-refractivity contribution in [2.45, 2.75) is 24.9 Å². The number of rotatable bonds is 3. The van der Waals surface area contributed by atoms with Crippen molar-refractivity contribution >= 4 is 11.9 Å². The van der Waals surface area contributed by atoms with E-state index >= 15 is 0 Å². The molecule has 5 nitrogen and oxygen atoms in total. The number of nitrogens with one attached hydrogen (secondary N) is 2. The Labute approximate surface area is 112 Å². The number of hydrogen-bond donors (Lipinski definition) is 2. The Bertz CT molecular complexity index is 439. The molecule has 1 aromatic rings. The van der Waals surface area contributed by atoms with E-state index in [1.165, 1.54) is 7.11 Å². The van der Waals surface area contributed by atoms with Crippen LogP contribution in [0, 0.1) is 0 Å². The third-order valence-electron chi connectivity index (χ3n) is 3.27. The van der Waals surface area contributed by atoms with E-state index in [2.05, 4.69) is 15.4 Å².